The SMILES string of the molecule is Cc1c(F)cccc1-c1cncnc1Cl. The average molecular weight is 223 g/mol. The van der Waals surface area contributed by atoms with E-state index < -0.39 is 0 Å². The maximum absolute atomic E-state index is 13.3. The summed E-state index contributed by atoms with van der Waals surface area (Å²) in [5.74, 6) is -0.257. The van der Waals surface area contributed by atoms with E-state index in [2.05, 4.69) is 9.97 Å². The number of nitrogens with zero attached hydrogens (tertiary/aromatic N) is 2. The standard InChI is InChI=1S/C11H8ClFN2/c1-7-8(3-2-4-10(7)13)9-5-14-6-15-11(9)12/h2-6H,1H3. The third-order valence-electron chi connectivity index (χ3n) is 2.22. The van der Waals surface area contributed by atoms with Gasteiger partial charge < -0.3 is 0 Å². The first-order valence-electron chi connectivity index (χ1n) is 4.41. The zero-order chi connectivity index (χ0) is 10.8. The van der Waals surface area contributed by atoms with Crippen molar-refractivity contribution in [3.05, 3.63) is 47.3 Å². The summed E-state index contributed by atoms with van der Waals surface area (Å²) in [7, 11) is 0. The van der Waals surface area contributed by atoms with Crippen LogP contribution in [0.3, 0.4) is 0 Å². The molecule has 0 aliphatic carbocycles. The maximum Gasteiger partial charge on any atom is 0.140 e. The van der Waals surface area contributed by atoms with Gasteiger partial charge in [-0.2, -0.15) is 0 Å². The average Bonchev–Trinajstić information content (AvgIpc) is 2.23. The van der Waals surface area contributed by atoms with Crippen LogP contribution in [0, 0.1) is 12.7 Å². The Balaban J connectivity index is 2.65. The Morgan fingerprint density at radius 2 is 2.07 bits per heavy atom. The van der Waals surface area contributed by atoms with Crippen molar-refractivity contribution >= 4 is 11.6 Å². The van der Waals surface area contributed by atoms with Crippen LogP contribution in [0.4, 0.5) is 4.39 Å². The molecule has 0 bridgehead atoms. The molecular weight excluding hydrogens is 215 g/mol. The summed E-state index contributed by atoms with van der Waals surface area (Å²) < 4.78 is 13.3. The lowest BCUT2D eigenvalue weighted by Gasteiger charge is -2.06. The van der Waals surface area contributed by atoms with E-state index in [9.17, 15) is 4.39 Å². The monoisotopic (exact) mass is 222 g/mol. The Kier molecular flexibility index (Phi) is 2.64. The lowest BCUT2D eigenvalue weighted by atomic mass is 10.0. The van der Waals surface area contributed by atoms with Crippen LogP contribution >= 0.6 is 11.6 Å². The van der Waals surface area contributed by atoms with Crippen LogP contribution in [-0.2, 0) is 0 Å². The van der Waals surface area contributed by atoms with Gasteiger partial charge in [0.1, 0.15) is 17.3 Å². The van der Waals surface area contributed by atoms with Crippen LogP contribution in [0.1, 0.15) is 5.56 Å². The van der Waals surface area contributed by atoms with E-state index in [0.29, 0.717) is 16.3 Å². The van der Waals surface area contributed by atoms with E-state index in [4.69, 9.17) is 11.6 Å². The molecule has 0 amide bonds. The van der Waals surface area contributed by atoms with E-state index in [1.165, 1.54) is 12.4 Å². The van der Waals surface area contributed by atoms with Gasteiger partial charge >= 0.3 is 0 Å². The fourth-order valence-electron chi connectivity index (χ4n) is 1.39. The second kappa shape index (κ2) is 3.95. The summed E-state index contributed by atoms with van der Waals surface area (Å²) in [5.41, 5.74) is 1.92. The molecule has 0 unspecified atom stereocenters. The van der Waals surface area contributed by atoms with E-state index in [-0.39, 0.29) is 5.82 Å². The number of benzene rings is 1. The normalized spacial score (nSPS) is 10.3. The summed E-state index contributed by atoms with van der Waals surface area (Å²) in [6.07, 6.45) is 2.94. The molecule has 15 heavy (non-hydrogen) atoms. The zero-order valence-corrected chi connectivity index (χ0v) is 8.79. The van der Waals surface area contributed by atoms with Crippen LogP contribution in [0.15, 0.2) is 30.7 Å². The van der Waals surface area contributed by atoms with Gasteiger partial charge in [-0.05, 0) is 24.1 Å². The first kappa shape index (κ1) is 10.1. The van der Waals surface area contributed by atoms with Crippen molar-refractivity contribution in [2.24, 2.45) is 0 Å². The fraction of sp³-hybridized carbons (Fsp3) is 0.0909. The molecule has 76 valence electrons. The molecule has 0 atom stereocenters. The minimum Gasteiger partial charge on any atom is -0.244 e. The third-order valence-corrected chi connectivity index (χ3v) is 2.52. The van der Waals surface area contributed by atoms with Crippen LogP contribution < -0.4 is 0 Å². The predicted molar refractivity (Wildman–Crippen MR) is 57.2 cm³/mol. The highest BCUT2D eigenvalue weighted by Crippen LogP contribution is 2.28. The van der Waals surface area contributed by atoms with Gasteiger partial charge in [0.05, 0.1) is 0 Å². The molecule has 1 aromatic carbocycles. The van der Waals surface area contributed by atoms with E-state index in [0.717, 1.165) is 5.56 Å². The van der Waals surface area contributed by atoms with Crippen LogP contribution in [0.25, 0.3) is 11.1 Å². The van der Waals surface area contributed by atoms with Gasteiger partial charge in [-0.25, -0.2) is 14.4 Å². The Bertz CT molecular complexity index is 500. The van der Waals surface area contributed by atoms with E-state index >= 15 is 0 Å². The summed E-state index contributed by atoms with van der Waals surface area (Å²) in [5, 5.41) is 0.332. The summed E-state index contributed by atoms with van der Waals surface area (Å²) in [4.78, 5) is 7.73. The predicted octanol–water partition coefficient (Wildman–Crippen LogP) is 3.24. The molecule has 2 nitrogen and oxygen atoms in total. The lowest BCUT2D eigenvalue weighted by Crippen LogP contribution is -1.90. The van der Waals surface area contributed by atoms with E-state index in [1.54, 1.807) is 25.3 Å². The van der Waals surface area contributed by atoms with Gasteiger partial charge in [0, 0.05) is 11.8 Å². The van der Waals surface area contributed by atoms with Crippen molar-refractivity contribution in [3.8, 4) is 11.1 Å². The van der Waals surface area contributed by atoms with Gasteiger partial charge in [0.25, 0.3) is 0 Å². The van der Waals surface area contributed by atoms with Crippen LogP contribution in [0.2, 0.25) is 5.15 Å². The molecule has 0 fully saturated rings. The molecule has 1 aromatic heterocycles. The molecule has 0 aliphatic rings. The topological polar surface area (TPSA) is 25.8 Å². The number of aromatic nitrogens is 2. The fourth-order valence-corrected chi connectivity index (χ4v) is 1.59. The van der Waals surface area contributed by atoms with Crippen molar-refractivity contribution in [2.75, 3.05) is 0 Å². The Morgan fingerprint density at radius 1 is 1.27 bits per heavy atom. The van der Waals surface area contributed by atoms with Gasteiger partial charge in [0.2, 0.25) is 0 Å². The van der Waals surface area contributed by atoms with Crippen molar-refractivity contribution in [2.45, 2.75) is 6.92 Å². The molecular formula is C11H8ClFN2. The van der Waals surface area contributed by atoms with Crippen molar-refractivity contribution in [1.29, 1.82) is 0 Å². The molecule has 2 aromatic rings. The van der Waals surface area contributed by atoms with Gasteiger partial charge in [-0.15, -0.1) is 0 Å². The lowest BCUT2D eigenvalue weighted by molar-refractivity contribution is 0.619. The molecule has 1 heterocycles. The third kappa shape index (κ3) is 1.83. The molecule has 4 heteroatoms. The highest BCUT2D eigenvalue weighted by Gasteiger charge is 2.09. The van der Waals surface area contributed by atoms with Crippen molar-refractivity contribution < 1.29 is 4.39 Å². The van der Waals surface area contributed by atoms with Gasteiger partial charge in [0.15, 0.2) is 0 Å². The number of rotatable bonds is 1. The quantitative estimate of drug-likeness (QED) is 0.693. The van der Waals surface area contributed by atoms with Gasteiger partial charge in [-0.1, -0.05) is 23.7 Å². The summed E-state index contributed by atoms with van der Waals surface area (Å²) in [6, 6.07) is 4.85. The number of hydrogen-bond acceptors (Lipinski definition) is 2. The summed E-state index contributed by atoms with van der Waals surface area (Å²) >= 11 is 5.91. The van der Waals surface area contributed by atoms with Crippen molar-refractivity contribution in [1.82, 2.24) is 9.97 Å². The Labute approximate surface area is 91.8 Å². The highest BCUT2D eigenvalue weighted by atomic mass is 35.5. The number of hydrogen-bond donors (Lipinski definition) is 0. The molecule has 0 saturated heterocycles. The smallest absolute Gasteiger partial charge is 0.140 e. The molecule has 0 radical (unpaired) electrons. The first-order valence-corrected chi connectivity index (χ1v) is 4.79. The Morgan fingerprint density at radius 3 is 2.80 bits per heavy atom. The maximum atomic E-state index is 13.3. The van der Waals surface area contributed by atoms with Crippen LogP contribution in [-0.4, -0.2) is 9.97 Å². The molecule has 0 saturated carbocycles. The minimum absolute atomic E-state index is 0.257. The first-order chi connectivity index (χ1) is 7.20. The Hall–Kier alpha value is -1.48. The molecule has 0 spiro atoms. The molecule has 0 aliphatic heterocycles. The molecule has 2 rings (SSSR count). The van der Waals surface area contributed by atoms with Crippen LogP contribution in [0.5, 0.6) is 0 Å². The summed E-state index contributed by atoms with van der Waals surface area (Å²) in [6.45, 7) is 1.70. The van der Waals surface area contributed by atoms with E-state index in [1.807, 2.05) is 0 Å². The second-order valence-corrected chi connectivity index (χ2v) is 3.50. The largest absolute Gasteiger partial charge is 0.244 e. The minimum atomic E-state index is -0.257. The molecule has 0 N–H and O–H groups in total. The van der Waals surface area contributed by atoms with Gasteiger partial charge in [-0.3, -0.25) is 0 Å². The number of halogens is 2. The highest BCUT2D eigenvalue weighted by molar-refractivity contribution is 6.32. The van der Waals surface area contributed by atoms with Crippen molar-refractivity contribution in [3.63, 3.8) is 0 Å². The zero-order valence-electron chi connectivity index (χ0n) is 8.04. The second-order valence-electron chi connectivity index (χ2n) is 3.14.